The first-order valence-electron chi connectivity index (χ1n) is 15.1. The molecule has 57 heavy (non-hydrogen) atoms. The Morgan fingerprint density at radius 1 is 0.649 bits per heavy atom. The van der Waals surface area contributed by atoms with Crippen LogP contribution in [-0.2, 0) is 30.4 Å². The molecule has 0 aliphatic heterocycles. The molecule has 3 radical (unpaired) electrons. The normalized spacial score (nSPS) is 11.4. The van der Waals surface area contributed by atoms with Crippen LogP contribution in [0.3, 0.4) is 0 Å². The SMILES string of the molecule is COc1nc(NCCS(=O)(=O)O)nc(Nc2ccc(C=Cc3ccc(Nc4nc(OC)nc(N(CCO)CCO)n4)cc3S(=O)(=O)O)c(S(=O)(=O)O)c2)n1.[Na].[Na].[Na]. The number of ether oxygens (including phenoxy) is 2. The number of aromatic nitrogens is 6. The summed E-state index contributed by atoms with van der Waals surface area (Å²) in [5, 5.41) is 26.8. The number of hydrogen-bond donors (Lipinski definition) is 8. The van der Waals surface area contributed by atoms with E-state index in [4.69, 9.17) is 14.0 Å². The molecule has 0 saturated carbocycles. The maximum absolute atomic E-state index is 12.4. The Morgan fingerprint density at radius 2 is 1.09 bits per heavy atom. The van der Waals surface area contributed by atoms with E-state index in [1.807, 2.05) is 0 Å². The molecule has 0 fully saturated rings. The Balaban J connectivity index is 0.00000541. The molecule has 2 aromatic carbocycles. The fourth-order valence-corrected chi connectivity index (χ4v) is 6.23. The average molecular weight is 884 g/mol. The summed E-state index contributed by atoms with van der Waals surface area (Å²) in [5.74, 6) is -1.08. The van der Waals surface area contributed by atoms with Gasteiger partial charge in [-0.3, -0.25) is 13.7 Å². The van der Waals surface area contributed by atoms with Crippen LogP contribution < -0.4 is 30.3 Å². The standard InChI is InChI=1S/C28H34N10O13S3.3Na/c1-50-27-34-23(29-9-14-52(41,42)43)32-24(35-27)30-19-7-5-17(21(15-19)53(44,45)46)3-4-18-6-8-20(16-22(18)54(47,48)49)31-25-33-26(37-28(36-25)51-2)38(10-12-39)11-13-40;;;/h3-8,15-16,39-40H,9-14H2,1-2H3,(H,41,42,43)(H,44,45,46)(H,47,48,49)(H,31,33,36,37)(H2,29,30,32,34,35);;;. The Morgan fingerprint density at radius 3 is 1.51 bits per heavy atom. The number of aliphatic hydroxyl groups excluding tert-OH is 2. The van der Waals surface area contributed by atoms with Gasteiger partial charge >= 0.3 is 12.0 Å². The third-order valence-electron chi connectivity index (χ3n) is 6.79. The quantitative estimate of drug-likeness (QED) is 0.0324. The van der Waals surface area contributed by atoms with Gasteiger partial charge in [-0.15, -0.1) is 0 Å². The van der Waals surface area contributed by atoms with E-state index in [1.165, 1.54) is 55.5 Å². The predicted octanol–water partition coefficient (Wildman–Crippen LogP) is -0.827. The van der Waals surface area contributed by atoms with Crippen molar-refractivity contribution in [2.75, 3.05) is 73.7 Å². The minimum absolute atomic E-state index is 0. The van der Waals surface area contributed by atoms with Crippen molar-refractivity contribution in [1.82, 2.24) is 29.9 Å². The molecule has 2 aromatic heterocycles. The number of benzene rings is 2. The predicted molar refractivity (Wildman–Crippen MR) is 209 cm³/mol. The molecule has 4 rings (SSSR count). The summed E-state index contributed by atoms with van der Waals surface area (Å²) in [5.41, 5.74) is -0.0770. The zero-order valence-corrected chi connectivity index (χ0v) is 39.7. The van der Waals surface area contributed by atoms with Gasteiger partial charge in [-0.2, -0.15) is 55.2 Å². The molecule has 0 unspecified atom stereocenters. The van der Waals surface area contributed by atoms with Crippen molar-refractivity contribution < 1.29 is 58.6 Å². The molecule has 23 nitrogen and oxygen atoms in total. The summed E-state index contributed by atoms with van der Waals surface area (Å²) >= 11 is 0. The molecule has 0 bridgehead atoms. The molecule has 0 amide bonds. The van der Waals surface area contributed by atoms with Crippen LogP contribution in [0.15, 0.2) is 46.2 Å². The van der Waals surface area contributed by atoms with E-state index in [0.717, 1.165) is 12.1 Å². The van der Waals surface area contributed by atoms with Crippen molar-refractivity contribution in [3.05, 3.63) is 47.5 Å². The Kier molecular flexibility index (Phi) is 21.7. The topological polar surface area (TPSA) is 339 Å². The maximum Gasteiger partial charge on any atom is 0.322 e. The van der Waals surface area contributed by atoms with Gasteiger partial charge in [0.2, 0.25) is 23.8 Å². The molecule has 8 N–H and O–H groups in total. The van der Waals surface area contributed by atoms with Gasteiger partial charge in [0.15, 0.2) is 0 Å². The molecule has 0 atom stereocenters. The van der Waals surface area contributed by atoms with Crippen molar-refractivity contribution in [2.45, 2.75) is 9.79 Å². The van der Waals surface area contributed by atoms with Crippen molar-refractivity contribution >= 4 is 166 Å². The molecular formula is C28H34N10Na3O13S3. The number of rotatable bonds is 19. The Bertz CT molecular complexity index is 2340. The first-order valence-corrected chi connectivity index (χ1v) is 19.6. The molecule has 0 aliphatic carbocycles. The Hall–Kier alpha value is -2.35. The third kappa shape index (κ3) is 16.3. The third-order valence-corrected chi connectivity index (χ3v) is 9.33. The van der Waals surface area contributed by atoms with Gasteiger partial charge in [-0.05, 0) is 35.4 Å². The second kappa shape index (κ2) is 23.4. The fourth-order valence-electron chi connectivity index (χ4n) is 4.45. The first kappa shape index (κ1) is 52.7. The summed E-state index contributed by atoms with van der Waals surface area (Å²) in [6, 6.07) is 7.02. The smallest absolute Gasteiger partial charge is 0.322 e. The molecule has 0 spiro atoms. The van der Waals surface area contributed by atoms with Gasteiger partial charge in [-0.25, -0.2) is 0 Å². The second-order valence-electron chi connectivity index (χ2n) is 10.6. The van der Waals surface area contributed by atoms with Gasteiger partial charge in [0.25, 0.3) is 30.4 Å². The number of aliphatic hydroxyl groups is 2. The van der Waals surface area contributed by atoms with Crippen LogP contribution in [0, 0.1) is 0 Å². The van der Waals surface area contributed by atoms with E-state index in [-0.39, 0.29) is 180 Å². The largest absolute Gasteiger partial charge is 0.467 e. The first-order chi connectivity index (χ1) is 25.4. The van der Waals surface area contributed by atoms with E-state index in [1.54, 1.807) is 0 Å². The molecule has 4 aromatic rings. The summed E-state index contributed by atoms with van der Waals surface area (Å²) < 4.78 is 111. The van der Waals surface area contributed by atoms with E-state index >= 15 is 0 Å². The van der Waals surface area contributed by atoms with E-state index in [0.29, 0.717) is 0 Å². The summed E-state index contributed by atoms with van der Waals surface area (Å²) in [6.07, 6.45) is 2.35. The van der Waals surface area contributed by atoms with Crippen LogP contribution in [0.1, 0.15) is 11.1 Å². The van der Waals surface area contributed by atoms with E-state index in [2.05, 4.69) is 45.9 Å². The monoisotopic (exact) mass is 883 g/mol. The molecule has 0 aliphatic rings. The van der Waals surface area contributed by atoms with Gasteiger partial charge < -0.3 is 40.5 Å². The number of nitrogens with zero attached hydrogens (tertiary/aromatic N) is 7. The Labute approximate surface area is 393 Å². The van der Waals surface area contributed by atoms with Crippen LogP contribution in [0.2, 0.25) is 0 Å². The minimum Gasteiger partial charge on any atom is -0.467 e. The zero-order chi connectivity index (χ0) is 39.7. The summed E-state index contributed by atoms with van der Waals surface area (Å²) in [6.45, 7) is -0.703. The number of methoxy groups -OCH3 is 2. The minimum atomic E-state index is -4.90. The summed E-state index contributed by atoms with van der Waals surface area (Å²) in [7, 11) is -11.5. The number of hydrogen-bond acceptors (Lipinski definition) is 20. The van der Waals surface area contributed by atoms with Gasteiger partial charge in [0.05, 0.1) is 33.2 Å². The van der Waals surface area contributed by atoms with Crippen LogP contribution in [0.25, 0.3) is 12.2 Å². The van der Waals surface area contributed by atoms with Crippen molar-refractivity contribution in [3.8, 4) is 12.0 Å². The van der Waals surface area contributed by atoms with Crippen molar-refractivity contribution in [2.24, 2.45) is 0 Å². The zero-order valence-electron chi connectivity index (χ0n) is 31.2. The maximum atomic E-state index is 12.4. The van der Waals surface area contributed by atoms with Crippen LogP contribution >= 0.6 is 0 Å². The van der Waals surface area contributed by atoms with Gasteiger partial charge in [0.1, 0.15) is 9.79 Å². The molecular weight excluding hydrogens is 850 g/mol. The molecule has 295 valence electrons. The number of nitrogens with one attached hydrogen (secondary N) is 3. The van der Waals surface area contributed by atoms with Crippen molar-refractivity contribution in [3.63, 3.8) is 0 Å². The molecule has 29 heteroatoms. The van der Waals surface area contributed by atoms with E-state index in [9.17, 15) is 44.6 Å². The summed E-state index contributed by atoms with van der Waals surface area (Å²) in [4.78, 5) is 24.6. The number of anilines is 6. The van der Waals surface area contributed by atoms with Crippen LogP contribution in [0.5, 0.6) is 12.0 Å². The average Bonchev–Trinajstić information content (AvgIpc) is 3.09. The van der Waals surface area contributed by atoms with Crippen molar-refractivity contribution in [1.29, 1.82) is 0 Å². The second-order valence-corrected chi connectivity index (χ2v) is 15.0. The van der Waals surface area contributed by atoms with Crippen LogP contribution in [-0.4, -0.2) is 221 Å². The molecule has 0 saturated heterocycles. The molecule has 2 heterocycles. The van der Waals surface area contributed by atoms with Crippen LogP contribution in [0.4, 0.5) is 35.2 Å². The van der Waals surface area contributed by atoms with Gasteiger partial charge in [0, 0.05) is 120 Å². The fraction of sp³-hybridized carbons (Fsp3) is 0.286. The van der Waals surface area contributed by atoms with E-state index < -0.39 is 45.9 Å². The van der Waals surface area contributed by atoms with Gasteiger partial charge in [-0.1, -0.05) is 24.3 Å².